The van der Waals surface area contributed by atoms with E-state index in [1.165, 1.54) is 12.8 Å². The van der Waals surface area contributed by atoms with Gasteiger partial charge < -0.3 is 10.5 Å². The lowest BCUT2D eigenvalue weighted by molar-refractivity contribution is -0.128. The molecule has 2 aliphatic rings. The van der Waals surface area contributed by atoms with Crippen LogP contribution in [-0.4, -0.2) is 25.0 Å². The zero-order valence-corrected chi connectivity index (χ0v) is 8.79. The Bertz CT molecular complexity index is 237. The van der Waals surface area contributed by atoms with E-state index in [1.54, 1.807) is 0 Å². The van der Waals surface area contributed by atoms with E-state index < -0.39 is 5.41 Å². The minimum Gasteiger partial charge on any atom is -0.379 e. The second kappa shape index (κ2) is 3.63. The standard InChI is InChI=1S/C11H19NO2/c1-11(7-14-6-9(11)12)10(13)5-4-8-2-3-8/h8-9H,2-7,12H2,1H3. The number of ether oxygens (including phenoxy) is 1. The number of carbonyl (C=O) groups is 1. The van der Waals surface area contributed by atoms with Crippen LogP contribution < -0.4 is 5.73 Å². The van der Waals surface area contributed by atoms with Gasteiger partial charge in [0.1, 0.15) is 5.78 Å². The van der Waals surface area contributed by atoms with Gasteiger partial charge in [-0.1, -0.05) is 12.8 Å². The first kappa shape index (κ1) is 10.1. The molecule has 2 atom stereocenters. The van der Waals surface area contributed by atoms with Crippen LogP contribution in [0.5, 0.6) is 0 Å². The fraction of sp³-hybridized carbons (Fsp3) is 0.909. The van der Waals surface area contributed by atoms with Crippen LogP contribution in [0.4, 0.5) is 0 Å². The van der Waals surface area contributed by atoms with Crippen LogP contribution in [0.2, 0.25) is 0 Å². The normalized spacial score (nSPS) is 37.4. The Balaban J connectivity index is 1.87. The monoisotopic (exact) mass is 197 g/mol. The van der Waals surface area contributed by atoms with Crippen LogP contribution in [0.25, 0.3) is 0 Å². The number of Topliss-reactive ketones (excluding diaryl/α,β-unsaturated/α-hetero) is 1. The highest BCUT2D eigenvalue weighted by Crippen LogP contribution is 2.36. The lowest BCUT2D eigenvalue weighted by Crippen LogP contribution is -2.44. The van der Waals surface area contributed by atoms with Gasteiger partial charge in [0.15, 0.2) is 0 Å². The molecule has 0 aromatic carbocycles. The molecule has 0 radical (unpaired) electrons. The number of hydrogen-bond donors (Lipinski definition) is 1. The lowest BCUT2D eigenvalue weighted by atomic mass is 9.79. The summed E-state index contributed by atoms with van der Waals surface area (Å²) in [6, 6.07) is -0.103. The smallest absolute Gasteiger partial charge is 0.142 e. The third kappa shape index (κ3) is 1.84. The van der Waals surface area contributed by atoms with Gasteiger partial charge >= 0.3 is 0 Å². The van der Waals surface area contributed by atoms with Gasteiger partial charge in [0.05, 0.1) is 18.6 Å². The average molecular weight is 197 g/mol. The highest BCUT2D eigenvalue weighted by molar-refractivity contribution is 5.85. The van der Waals surface area contributed by atoms with E-state index in [0.29, 0.717) is 25.4 Å². The van der Waals surface area contributed by atoms with Crippen LogP contribution in [0, 0.1) is 11.3 Å². The maximum Gasteiger partial charge on any atom is 0.142 e. The minimum absolute atomic E-state index is 0.103. The minimum atomic E-state index is -0.408. The molecule has 0 spiro atoms. The van der Waals surface area contributed by atoms with Crippen LogP contribution in [0.15, 0.2) is 0 Å². The van der Waals surface area contributed by atoms with E-state index >= 15 is 0 Å². The summed E-state index contributed by atoms with van der Waals surface area (Å²) in [5.74, 6) is 1.12. The van der Waals surface area contributed by atoms with Crippen molar-refractivity contribution in [2.75, 3.05) is 13.2 Å². The van der Waals surface area contributed by atoms with Crippen molar-refractivity contribution in [1.82, 2.24) is 0 Å². The fourth-order valence-electron chi connectivity index (χ4n) is 2.00. The van der Waals surface area contributed by atoms with Crippen molar-refractivity contribution >= 4 is 5.78 Å². The predicted octanol–water partition coefficient (Wildman–Crippen LogP) is 1.11. The summed E-state index contributed by atoms with van der Waals surface area (Å²) in [6.07, 6.45) is 4.37. The quantitative estimate of drug-likeness (QED) is 0.734. The Morgan fingerprint density at radius 3 is 2.79 bits per heavy atom. The SMILES string of the molecule is CC1(C(=O)CCC2CC2)COCC1N. The zero-order chi connectivity index (χ0) is 10.2. The number of rotatable bonds is 4. The lowest BCUT2D eigenvalue weighted by Gasteiger charge is -2.24. The molecule has 2 unspecified atom stereocenters. The summed E-state index contributed by atoms with van der Waals surface area (Å²) >= 11 is 0. The van der Waals surface area contributed by atoms with E-state index in [1.807, 2.05) is 6.92 Å². The van der Waals surface area contributed by atoms with Crippen LogP contribution in [0.3, 0.4) is 0 Å². The third-order valence-electron chi connectivity index (χ3n) is 3.63. The van der Waals surface area contributed by atoms with Gasteiger partial charge in [0.25, 0.3) is 0 Å². The second-order valence-corrected chi connectivity index (χ2v) is 4.94. The molecule has 3 heteroatoms. The van der Waals surface area contributed by atoms with Crippen molar-refractivity contribution in [3.63, 3.8) is 0 Å². The highest BCUT2D eigenvalue weighted by atomic mass is 16.5. The van der Waals surface area contributed by atoms with Gasteiger partial charge in [0, 0.05) is 12.5 Å². The van der Waals surface area contributed by atoms with Crippen LogP contribution in [0.1, 0.15) is 32.6 Å². The molecular formula is C11H19NO2. The van der Waals surface area contributed by atoms with Crippen LogP contribution in [-0.2, 0) is 9.53 Å². The predicted molar refractivity (Wildman–Crippen MR) is 53.9 cm³/mol. The number of carbonyl (C=O) groups excluding carboxylic acids is 1. The molecule has 1 aliphatic heterocycles. The molecule has 2 rings (SSSR count). The van der Waals surface area contributed by atoms with E-state index in [0.717, 1.165) is 12.3 Å². The Hall–Kier alpha value is -0.410. The first-order valence-electron chi connectivity index (χ1n) is 5.49. The van der Waals surface area contributed by atoms with E-state index in [2.05, 4.69) is 0 Å². The molecule has 2 N–H and O–H groups in total. The van der Waals surface area contributed by atoms with Crippen molar-refractivity contribution in [3.05, 3.63) is 0 Å². The van der Waals surface area contributed by atoms with Gasteiger partial charge in [-0.05, 0) is 19.3 Å². The van der Waals surface area contributed by atoms with Gasteiger partial charge in [-0.15, -0.1) is 0 Å². The van der Waals surface area contributed by atoms with E-state index in [4.69, 9.17) is 10.5 Å². The molecule has 14 heavy (non-hydrogen) atoms. The van der Waals surface area contributed by atoms with Gasteiger partial charge in [0.2, 0.25) is 0 Å². The van der Waals surface area contributed by atoms with Gasteiger partial charge in [-0.3, -0.25) is 4.79 Å². The molecule has 1 heterocycles. The maximum atomic E-state index is 11.9. The van der Waals surface area contributed by atoms with Crippen molar-refractivity contribution in [3.8, 4) is 0 Å². The topological polar surface area (TPSA) is 52.3 Å². The molecule has 3 nitrogen and oxygen atoms in total. The largest absolute Gasteiger partial charge is 0.379 e. The maximum absolute atomic E-state index is 11.9. The summed E-state index contributed by atoms with van der Waals surface area (Å²) < 4.78 is 5.27. The van der Waals surface area contributed by atoms with E-state index in [-0.39, 0.29) is 6.04 Å². The molecule has 0 bridgehead atoms. The molecule has 0 amide bonds. The second-order valence-electron chi connectivity index (χ2n) is 4.94. The zero-order valence-electron chi connectivity index (χ0n) is 8.79. The Labute approximate surface area is 85.0 Å². The molecule has 1 saturated carbocycles. The Morgan fingerprint density at radius 1 is 1.57 bits per heavy atom. The Morgan fingerprint density at radius 2 is 2.29 bits per heavy atom. The average Bonchev–Trinajstić information content (AvgIpc) is 2.91. The molecule has 1 saturated heterocycles. The first-order chi connectivity index (χ1) is 6.63. The first-order valence-corrected chi connectivity index (χ1v) is 5.49. The van der Waals surface area contributed by atoms with Crippen molar-refractivity contribution < 1.29 is 9.53 Å². The molecule has 1 aliphatic carbocycles. The Kier molecular flexibility index (Phi) is 2.62. The fourth-order valence-corrected chi connectivity index (χ4v) is 2.00. The molecule has 80 valence electrons. The molecular weight excluding hydrogens is 178 g/mol. The van der Waals surface area contributed by atoms with Gasteiger partial charge in [-0.25, -0.2) is 0 Å². The highest BCUT2D eigenvalue weighted by Gasteiger charge is 2.43. The van der Waals surface area contributed by atoms with Gasteiger partial charge in [-0.2, -0.15) is 0 Å². The van der Waals surface area contributed by atoms with E-state index in [9.17, 15) is 4.79 Å². The summed E-state index contributed by atoms with van der Waals surface area (Å²) in [6.45, 7) is 2.99. The summed E-state index contributed by atoms with van der Waals surface area (Å²) in [5, 5.41) is 0. The number of hydrogen-bond acceptors (Lipinski definition) is 3. The van der Waals surface area contributed by atoms with Crippen LogP contribution >= 0.6 is 0 Å². The molecule has 0 aromatic heterocycles. The summed E-state index contributed by atoms with van der Waals surface area (Å²) in [7, 11) is 0. The van der Waals surface area contributed by atoms with Crippen molar-refractivity contribution in [2.45, 2.75) is 38.6 Å². The molecule has 2 fully saturated rings. The van der Waals surface area contributed by atoms with Crippen molar-refractivity contribution in [2.24, 2.45) is 17.1 Å². The number of nitrogens with two attached hydrogens (primary N) is 1. The molecule has 0 aromatic rings. The number of ketones is 1. The summed E-state index contributed by atoms with van der Waals surface area (Å²) in [4.78, 5) is 11.9. The summed E-state index contributed by atoms with van der Waals surface area (Å²) in [5.41, 5.74) is 5.48. The third-order valence-corrected chi connectivity index (χ3v) is 3.63. The van der Waals surface area contributed by atoms with Crippen molar-refractivity contribution in [1.29, 1.82) is 0 Å².